The van der Waals surface area contributed by atoms with Crippen molar-refractivity contribution in [2.45, 2.75) is 32.9 Å². The van der Waals surface area contributed by atoms with Gasteiger partial charge < -0.3 is 29.8 Å². The summed E-state index contributed by atoms with van der Waals surface area (Å²) >= 11 is 0. The SMILES string of the molecule is COC(=O)C(Cc1ccc(OCc2nc3ccc(Oc4cc(C)c(N)c(C)c4)cc3n2C)cc1)Nc1ccccc1C(=O)c1ccccc1. The third kappa shape index (κ3) is 7.41. The molecule has 49 heavy (non-hydrogen) atoms. The summed E-state index contributed by atoms with van der Waals surface area (Å²) in [5.41, 5.74) is 13.1. The highest BCUT2D eigenvalue weighted by molar-refractivity contribution is 6.12. The average molecular weight is 655 g/mol. The van der Waals surface area contributed by atoms with E-state index in [9.17, 15) is 9.59 Å². The molecule has 0 amide bonds. The first-order chi connectivity index (χ1) is 23.7. The van der Waals surface area contributed by atoms with Gasteiger partial charge in [-0.15, -0.1) is 0 Å². The van der Waals surface area contributed by atoms with E-state index in [0.29, 0.717) is 34.7 Å². The fraction of sp³-hybridized carbons (Fsp3) is 0.175. The maximum Gasteiger partial charge on any atom is 0.328 e. The number of anilines is 2. The first kappa shape index (κ1) is 32.8. The number of para-hydroxylation sites is 1. The Kier molecular flexibility index (Phi) is 9.62. The molecule has 0 aliphatic carbocycles. The van der Waals surface area contributed by atoms with Crippen molar-refractivity contribution in [2.24, 2.45) is 7.05 Å². The number of nitrogens with zero attached hydrogens (tertiary/aromatic N) is 2. The molecule has 0 saturated heterocycles. The smallest absolute Gasteiger partial charge is 0.328 e. The first-order valence-electron chi connectivity index (χ1n) is 15.9. The van der Waals surface area contributed by atoms with Gasteiger partial charge in [-0.05, 0) is 79.1 Å². The highest BCUT2D eigenvalue weighted by Gasteiger charge is 2.23. The molecule has 248 valence electrons. The van der Waals surface area contributed by atoms with Gasteiger partial charge in [0.15, 0.2) is 5.78 Å². The van der Waals surface area contributed by atoms with Crippen LogP contribution in [0.5, 0.6) is 17.2 Å². The van der Waals surface area contributed by atoms with Gasteiger partial charge >= 0.3 is 5.97 Å². The highest BCUT2D eigenvalue weighted by Crippen LogP contribution is 2.30. The Morgan fingerprint density at radius 2 is 1.51 bits per heavy atom. The zero-order valence-electron chi connectivity index (χ0n) is 27.9. The lowest BCUT2D eigenvalue weighted by atomic mass is 10.00. The molecule has 1 heterocycles. The standard InChI is InChI=1S/C40H38N4O5/c1-25-20-31(21-26(2)38(25)41)49-30-18-19-34-36(23-30)44(3)37(43-34)24-48-29-16-14-27(15-17-29)22-35(40(46)47-4)42-33-13-9-8-12-32(33)39(45)28-10-6-5-7-11-28/h5-21,23,35,42H,22,24,41H2,1-4H3. The van der Waals surface area contributed by atoms with Crippen LogP contribution in [0, 0.1) is 13.8 Å². The number of ether oxygens (including phenoxy) is 3. The fourth-order valence-electron chi connectivity index (χ4n) is 5.72. The summed E-state index contributed by atoms with van der Waals surface area (Å²) in [6, 6.07) is 32.7. The van der Waals surface area contributed by atoms with Crippen molar-refractivity contribution >= 4 is 34.2 Å². The number of aryl methyl sites for hydroxylation is 3. The lowest BCUT2D eigenvalue weighted by Gasteiger charge is -2.20. The third-order valence-corrected chi connectivity index (χ3v) is 8.50. The zero-order valence-corrected chi connectivity index (χ0v) is 27.9. The number of hydrogen-bond acceptors (Lipinski definition) is 8. The van der Waals surface area contributed by atoms with Crippen molar-refractivity contribution < 1.29 is 23.8 Å². The van der Waals surface area contributed by atoms with E-state index in [1.54, 1.807) is 30.3 Å². The third-order valence-electron chi connectivity index (χ3n) is 8.50. The van der Waals surface area contributed by atoms with Crippen molar-refractivity contribution in [3.8, 4) is 17.2 Å². The lowest BCUT2D eigenvalue weighted by molar-refractivity contribution is -0.141. The van der Waals surface area contributed by atoms with Crippen molar-refractivity contribution in [1.82, 2.24) is 9.55 Å². The van der Waals surface area contributed by atoms with E-state index in [-0.39, 0.29) is 12.4 Å². The summed E-state index contributed by atoms with van der Waals surface area (Å²) in [7, 11) is 3.30. The molecule has 6 aromatic rings. The minimum Gasteiger partial charge on any atom is -0.486 e. The number of esters is 1. The lowest BCUT2D eigenvalue weighted by Crippen LogP contribution is -2.33. The number of benzene rings is 5. The Bertz CT molecular complexity index is 2100. The number of methoxy groups -OCH3 is 1. The molecule has 1 aromatic heterocycles. The number of fused-ring (bicyclic) bond motifs is 1. The monoisotopic (exact) mass is 654 g/mol. The number of ketones is 1. The number of imidazole rings is 1. The van der Waals surface area contributed by atoms with Crippen molar-refractivity contribution in [2.75, 3.05) is 18.2 Å². The largest absolute Gasteiger partial charge is 0.486 e. The summed E-state index contributed by atoms with van der Waals surface area (Å²) in [5, 5.41) is 3.25. The number of nitrogens with two attached hydrogens (primary N) is 1. The molecule has 1 unspecified atom stereocenters. The number of nitrogen functional groups attached to an aromatic ring is 1. The van der Waals surface area contributed by atoms with Gasteiger partial charge in [-0.25, -0.2) is 9.78 Å². The molecule has 3 N–H and O–H groups in total. The molecule has 0 aliphatic heterocycles. The van der Waals surface area contributed by atoms with Gasteiger partial charge in [-0.3, -0.25) is 4.79 Å². The highest BCUT2D eigenvalue weighted by atomic mass is 16.5. The van der Waals surface area contributed by atoms with Gasteiger partial charge in [0.25, 0.3) is 0 Å². The van der Waals surface area contributed by atoms with Crippen LogP contribution in [0.2, 0.25) is 0 Å². The van der Waals surface area contributed by atoms with Crippen LogP contribution in [-0.4, -0.2) is 34.5 Å². The number of rotatable bonds is 12. The van der Waals surface area contributed by atoms with Gasteiger partial charge in [0.1, 0.15) is 35.7 Å². The Morgan fingerprint density at radius 3 is 2.22 bits per heavy atom. The molecule has 9 nitrogen and oxygen atoms in total. The Labute approximate surface area is 285 Å². The Balaban J connectivity index is 1.11. The van der Waals surface area contributed by atoms with Crippen LogP contribution in [0.25, 0.3) is 11.0 Å². The van der Waals surface area contributed by atoms with Gasteiger partial charge in [0.05, 0.1) is 18.1 Å². The second kappa shape index (κ2) is 14.4. The van der Waals surface area contributed by atoms with Gasteiger partial charge in [0.2, 0.25) is 0 Å². The van der Waals surface area contributed by atoms with E-state index in [1.807, 2.05) is 104 Å². The Morgan fingerprint density at radius 1 is 0.837 bits per heavy atom. The molecule has 9 heteroatoms. The number of carbonyl (C=O) groups is 2. The molecule has 0 bridgehead atoms. The van der Waals surface area contributed by atoms with Gasteiger partial charge in [-0.1, -0.05) is 54.6 Å². The van der Waals surface area contributed by atoms with Crippen LogP contribution in [0.1, 0.15) is 38.4 Å². The zero-order chi connectivity index (χ0) is 34.5. The quantitative estimate of drug-likeness (QED) is 0.0788. The minimum absolute atomic E-state index is 0.133. The van der Waals surface area contributed by atoms with Crippen LogP contribution in [-0.2, 0) is 29.6 Å². The van der Waals surface area contributed by atoms with Gasteiger partial charge in [-0.2, -0.15) is 0 Å². The maximum absolute atomic E-state index is 13.2. The number of aromatic nitrogens is 2. The van der Waals surface area contributed by atoms with E-state index in [4.69, 9.17) is 24.9 Å². The summed E-state index contributed by atoms with van der Waals surface area (Å²) in [5.74, 6) is 2.29. The molecular formula is C40H38N4O5. The molecule has 0 radical (unpaired) electrons. The topological polar surface area (TPSA) is 118 Å². The minimum atomic E-state index is -0.719. The summed E-state index contributed by atoms with van der Waals surface area (Å²) in [6.07, 6.45) is 0.339. The van der Waals surface area contributed by atoms with Crippen LogP contribution in [0.4, 0.5) is 11.4 Å². The molecule has 0 saturated carbocycles. The maximum atomic E-state index is 13.2. The van der Waals surface area contributed by atoms with Crippen molar-refractivity contribution in [1.29, 1.82) is 0 Å². The average Bonchev–Trinajstić information content (AvgIpc) is 3.44. The van der Waals surface area contributed by atoms with Crippen molar-refractivity contribution in [3.63, 3.8) is 0 Å². The van der Waals surface area contributed by atoms with E-state index >= 15 is 0 Å². The second-order valence-corrected chi connectivity index (χ2v) is 11.9. The number of carbonyl (C=O) groups excluding carboxylic acids is 2. The second-order valence-electron chi connectivity index (χ2n) is 11.9. The van der Waals surface area contributed by atoms with Crippen LogP contribution in [0.3, 0.4) is 0 Å². The van der Waals surface area contributed by atoms with E-state index in [1.165, 1.54) is 7.11 Å². The predicted octanol–water partition coefficient (Wildman–Crippen LogP) is 7.57. The summed E-state index contributed by atoms with van der Waals surface area (Å²) in [6.45, 7) is 4.19. The van der Waals surface area contributed by atoms with Gasteiger partial charge in [0, 0.05) is 42.0 Å². The fourth-order valence-corrected chi connectivity index (χ4v) is 5.72. The summed E-state index contributed by atoms with van der Waals surface area (Å²) < 4.78 is 19.3. The van der Waals surface area contributed by atoms with Crippen molar-refractivity contribution in [3.05, 3.63) is 143 Å². The molecule has 0 spiro atoms. The van der Waals surface area contributed by atoms with Crippen LogP contribution >= 0.6 is 0 Å². The molecule has 6 rings (SSSR count). The van der Waals surface area contributed by atoms with E-state index in [2.05, 4.69) is 5.32 Å². The number of hydrogen-bond donors (Lipinski definition) is 2. The predicted molar refractivity (Wildman–Crippen MR) is 191 cm³/mol. The van der Waals surface area contributed by atoms with Crippen LogP contribution < -0.4 is 20.5 Å². The molecule has 0 aliphatic rings. The molecular weight excluding hydrogens is 616 g/mol. The van der Waals surface area contributed by atoms with E-state index in [0.717, 1.165) is 45.0 Å². The number of nitrogens with one attached hydrogen (secondary N) is 1. The Hall–Kier alpha value is -6.09. The molecule has 0 fully saturated rings. The van der Waals surface area contributed by atoms with Crippen LogP contribution in [0.15, 0.2) is 109 Å². The van der Waals surface area contributed by atoms with E-state index < -0.39 is 12.0 Å². The molecule has 1 atom stereocenters. The molecule has 5 aromatic carbocycles. The summed E-state index contributed by atoms with van der Waals surface area (Å²) in [4.78, 5) is 30.8. The normalized spacial score (nSPS) is 11.6. The first-order valence-corrected chi connectivity index (χ1v) is 15.9.